The standard InChI is InChI=1S/C15H11Cl2N3O/c16-11-6-12(17)8-13(7-11)18-9-14-19-15(20-21-14)10-4-2-1-3-5-10/h1-8,18H,9H2. The smallest absolute Gasteiger partial charge is 0.246 e. The molecule has 21 heavy (non-hydrogen) atoms. The van der Waals surface area contributed by atoms with E-state index >= 15 is 0 Å². The first kappa shape index (κ1) is 13.9. The zero-order valence-corrected chi connectivity index (χ0v) is 12.4. The first-order valence-corrected chi connectivity index (χ1v) is 7.04. The molecule has 0 unspecified atom stereocenters. The Bertz CT molecular complexity index is 723. The van der Waals surface area contributed by atoms with Gasteiger partial charge < -0.3 is 9.84 Å². The van der Waals surface area contributed by atoms with Crippen LogP contribution in [0.5, 0.6) is 0 Å². The van der Waals surface area contributed by atoms with Gasteiger partial charge in [0.1, 0.15) is 0 Å². The van der Waals surface area contributed by atoms with Crippen LogP contribution in [0.1, 0.15) is 5.89 Å². The van der Waals surface area contributed by atoms with Crippen LogP contribution in [0.15, 0.2) is 53.1 Å². The van der Waals surface area contributed by atoms with E-state index < -0.39 is 0 Å². The molecule has 1 N–H and O–H groups in total. The van der Waals surface area contributed by atoms with Gasteiger partial charge in [-0.15, -0.1) is 0 Å². The van der Waals surface area contributed by atoms with E-state index in [1.54, 1.807) is 18.2 Å². The lowest BCUT2D eigenvalue weighted by molar-refractivity contribution is 0.384. The van der Waals surface area contributed by atoms with Crippen LogP contribution in [-0.4, -0.2) is 10.1 Å². The number of anilines is 1. The Morgan fingerprint density at radius 2 is 1.71 bits per heavy atom. The third-order valence-electron chi connectivity index (χ3n) is 2.81. The van der Waals surface area contributed by atoms with E-state index in [0.717, 1.165) is 11.3 Å². The highest BCUT2D eigenvalue weighted by molar-refractivity contribution is 6.35. The number of nitrogens with zero attached hydrogens (tertiary/aromatic N) is 2. The van der Waals surface area contributed by atoms with Crippen molar-refractivity contribution in [3.05, 3.63) is 64.5 Å². The molecule has 0 fully saturated rings. The summed E-state index contributed by atoms with van der Waals surface area (Å²) >= 11 is 11.9. The third kappa shape index (κ3) is 3.54. The summed E-state index contributed by atoms with van der Waals surface area (Å²) in [6.07, 6.45) is 0. The van der Waals surface area contributed by atoms with Crippen molar-refractivity contribution in [3.8, 4) is 11.4 Å². The van der Waals surface area contributed by atoms with E-state index in [-0.39, 0.29) is 0 Å². The molecule has 0 saturated heterocycles. The molecule has 106 valence electrons. The lowest BCUT2D eigenvalue weighted by atomic mass is 10.2. The molecule has 4 nitrogen and oxygen atoms in total. The molecule has 0 radical (unpaired) electrons. The van der Waals surface area contributed by atoms with Crippen molar-refractivity contribution in [1.82, 2.24) is 10.1 Å². The van der Waals surface area contributed by atoms with Gasteiger partial charge in [-0.3, -0.25) is 0 Å². The molecule has 0 spiro atoms. The average molecular weight is 320 g/mol. The SMILES string of the molecule is Clc1cc(Cl)cc(NCc2nc(-c3ccccc3)no2)c1. The Hall–Kier alpha value is -2.04. The Balaban J connectivity index is 1.70. The van der Waals surface area contributed by atoms with Crippen molar-refractivity contribution in [2.24, 2.45) is 0 Å². The van der Waals surface area contributed by atoms with Crippen LogP contribution >= 0.6 is 23.2 Å². The van der Waals surface area contributed by atoms with Gasteiger partial charge in [-0.2, -0.15) is 4.98 Å². The zero-order chi connectivity index (χ0) is 14.7. The average Bonchev–Trinajstić information content (AvgIpc) is 2.94. The number of aromatic nitrogens is 2. The fourth-order valence-electron chi connectivity index (χ4n) is 1.86. The van der Waals surface area contributed by atoms with Crippen LogP contribution < -0.4 is 5.32 Å². The van der Waals surface area contributed by atoms with Crippen LogP contribution in [0.2, 0.25) is 10.0 Å². The largest absolute Gasteiger partial charge is 0.376 e. The molecule has 0 saturated carbocycles. The predicted octanol–water partition coefficient (Wildman–Crippen LogP) is 4.66. The summed E-state index contributed by atoms with van der Waals surface area (Å²) in [6.45, 7) is 0.399. The molecule has 1 heterocycles. The summed E-state index contributed by atoms with van der Waals surface area (Å²) in [7, 11) is 0. The van der Waals surface area contributed by atoms with E-state index in [2.05, 4.69) is 15.5 Å². The van der Waals surface area contributed by atoms with E-state index in [4.69, 9.17) is 27.7 Å². The van der Waals surface area contributed by atoms with E-state index in [9.17, 15) is 0 Å². The highest BCUT2D eigenvalue weighted by atomic mass is 35.5. The number of nitrogens with one attached hydrogen (secondary N) is 1. The fraction of sp³-hybridized carbons (Fsp3) is 0.0667. The summed E-state index contributed by atoms with van der Waals surface area (Å²) in [5.74, 6) is 1.06. The highest BCUT2D eigenvalue weighted by Crippen LogP contribution is 2.23. The topological polar surface area (TPSA) is 51.0 Å². The molecule has 0 aliphatic rings. The van der Waals surface area contributed by atoms with Crippen LogP contribution in [-0.2, 0) is 6.54 Å². The summed E-state index contributed by atoms with van der Waals surface area (Å²) in [6, 6.07) is 14.9. The minimum Gasteiger partial charge on any atom is -0.376 e. The minimum atomic E-state index is 0.399. The van der Waals surface area contributed by atoms with E-state index in [0.29, 0.717) is 28.3 Å². The summed E-state index contributed by atoms with van der Waals surface area (Å²) in [5.41, 5.74) is 1.71. The molecule has 0 amide bonds. The molecule has 0 aliphatic heterocycles. The van der Waals surface area contributed by atoms with Crippen molar-refractivity contribution >= 4 is 28.9 Å². The molecular weight excluding hydrogens is 309 g/mol. The maximum absolute atomic E-state index is 5.94. The first-order chi connectivity index (χ1) is 10.2. The molecule has 3 rings (SSSR count). The Kier molecular flexibility index (Phi) is 4.08. The molecule has 0 aliphatic carbocycles. The fourth-order valence-corrected chi connectivity index (χ4v) is 2.39. The third-order valence-corrected chi connectivity index (χ3v) is 3.24. The number of hydrogen-bond donors (Lipinski definition) is 1. The Labute approximate surface area is 131 Å². The van der Waals surface area contributed by atoms with Gasteiger partial charge in [0.2, 0.25) is 11.7 Å². The predicted molar refractivity (Wildman–Crippen MR) is 83.5 cm³/mol. The molecule has 0 atom stereocenters. The second-order valence-electron chi connectivity index (χ2n) is 4.39. The number of halogens is 2. The Morgan fingerprint density at radius 3 is 2.43 bits per heavy atom. The van der Waals surface area contributed by atoms with Gasteiger partial charge in [-0.05, 0) is 18.2 Å². The molecular formula is C15H11Cl2N3O. The van der Waals surface area contributed by atoms with E-state index in [1.807, 2.05) is 30.3 Å². The lowest BCUT2D eigenvalue weighted by Crippen LogP contribution is -1.99. The maximum atomic E-state index is 5.94. The summed E-state index contributed by atoms with van der Waals surface area (Å²) in [4.78, 5) is 4.33. The van der Waals surface area contributed by atoms with Crippen LogP contribution in [0.25, 0.3) is 11.4 Å². The van der Waals surface area contributed by atoms with Crippen molar-refractivity contribution < 1.29 is 4.52 Å². The number of benzene rings is 2. The maximum Gasteiger partial charge on any atom is 0.246 e. The minimum absolute atomic E-state index is 0.399. The summed E-state index contributed by atoms with van der Waals surface area (Å²) in [5, 5.41) is 8.24. The van der Waals surface area contributed by atoms with Crippen molar-refractivity contribution in [2.75, 3.05) is 5.32 Å². The second-order valence-corrected chi connectivity index (χ2v) is 5.26. The van der Waals surface area contributed by atoms with Crippen molar-refractivity contribution in [1.29, 1.82) is 0 Å². The highest BCUT2D eigenvalue weighted by Gasteiger charge is 2.08. The van der Waals surface area contributed by atoms with Crippen LogP contribution in [0.3, 0.4) is 0 Å². The summed E-state index contributed by atoms with van der Waals surface area (Å²) < 4.78 is 5.21. The van der Waals surface area contributed by atoms with Gasteiger partial charge in [-0.1, -0.05) is 58.7 Å². The quantitative estimate of drug-likeness (QED) is 0.760. The van der Waals surface area contributed by atoms with E-state index in [1.165, 1.54) is 0 Å². The molecule has 0 bridgehead atoms. The molecule has 3 aromatic rings. The van der Waals surface area contributed by atoms with Gasteiger partial charge in [0.25, 0.3) is 0 Å². The molecule has 6 heteroatoms. The van der Waals surface area contributed by atoms with Gasteiger partial charge in [0, 0.05) is 21.3 Å². The van der Waals surface area contributed by atoms with Gasteiger partial charge in [0.15, 0.2) is 0 Å². The lowest BCUT2D eigenvalue weighted by Gasteiger charge is -2.04. The van der Waals surface area contributed by atoms with Crippen LogP contribution in [0, 0.1) is 0 Å². The first-order valence-electron chi connectivity index (χ1n) is 6.29. The molecule has 2 aromatic carbocycles. The van der Waals surface area contributed by atoms with Gasteiger partial charge in [0.05, 0.1) is 6.54 Å². The number of rotatable bonds is 4. The zero-order valence-electron chi connectivity index (χ0n) is 10.9. The normalized spacial score (nSPS) is 10.6. The Morgan fingerprint density at radius 1 is 1.00 bits per heavy atom. The van der Waals surface area contributed by atoms with Crippen molar-refractivity contribution in [2.45, 2.75) is 6.54 Å². The van der Waals surface area contributed by atoms with Gasteiger partial charge in [-0.25, -0.2) is 0 Å². The second kappa shape index (κ2) is 6.16. The molecule has 1 aromatic heterocycles. The monoisotopic (exact) mass is 319 g/mol. The van der Waals surface area contributed by atoms with Gasteiger partial charge >= 0.3 is 0 Å². The van der Waals surface area contributed by atoms with Crippen LogP contribution in [0.4, 0.5) is 5.69 Å². The van der Waals surface area contributed by atoms with Crippen molar-refractivity contribution in [3.63, 3.8) is 0 Å². The number of hydrogen-bond acceptors (Lipinski definition) is 4.